The largest absolute Gasteiger partial charge is 0.497 e. The molecule has 0 spiro atoms. The van der Waals surface area contributed by atoms with Crippen LogP contribution in [-0.2, 0) is 9.59 Å². The van der Waals surface area contributed by atoms with E-state index in [4.69, 9.17) is 4.74 Å². The molecule has 5 nitrogen and oxygen atoms in total. The number of amides is 2. The number of hydrogen-bond acceptors (Lipinski definition) is 4. The number of ether oxygens (including phenoxy) is 1. The predicted octanol–water partition coefficient (Wildman–Crippen LogP) is 5.02. The third-order valence-electron chi connectivity index (χ3n) is 5.50. The van der Waals surface area contributed by atoms with E-state index >= 15 is 0 Å². The summed E-state index contributed by atoms with van der Waals surface area (Å²) in [5.41, 5.74) is 5.80. The Labute approximate surface area is 182 Å². The van der Waals surface area contributed by atoms with Gasteiger partial charge >= 0.3 is 0 Å². The second-order valence-corrected chi connectivity index (χ2v) is 7.69. The molecule has 4 rings (SSSR count). The molecular formula is C26H24N2O3. The number of hydrogen-bond donors (Lipinski definition) is 1. The average Bonchev–Trinajstić information content (AvgIpc) is 3.00. The van der Waals surface area contributed by atoms with E-state index in [0.717, 1.165) is 22.4 Å². The molecule has 1 heterocycles. The van der Waals surface area contributed by atoms with Gasteiger partial charge in [0.15, 0.2) is 0 Å². The van der Waals surface area contributed by atoms with Crippen LogP contribution in [0.3, 0.4) is 0 Å². The van der Waals surface area contributed by atoms with Gasteiger partial charge in [-0.2, -0.15) is 0 Å². The Hall–Kier alpha value is -3.86. The highest BCUT2D eigenvalue weighted by Gasteiger charge is 2.40. The van der Waals surface area contributed by atoms with Crippen molar-refractivity contribution in [1.82, 2.24) is 0 Å². The Morgan fingerprint density at radius 2 is 1.55 bits per heavy atom. The first-order valence-electron chi connectivity index (χ1n) is 10.1. The molecular weight excluding hydrogens is 388 g/mol. The topological polar surface area (TPSA) is 58.6 Å². The molecule has 1 aliphatic heterocycles. The lowest BCUT2D eigenvalue weighted by Gasteiger charge is -2.16. The van der Waals surface area contributed by atoms with Crippen LogP contribution in [0.5, 0.6) is 5.75 Å². The number of nitrogens with zero attached hydrogens (tertiary/aromatic N) is 1. The zero-order valence-corrected chi connectivity index (χ0v) is 18.0. The van der Waals surface area contributed by atoms with Crippen molar-refractivity contribution in [3.05, 3.63) is 94.7 Å². The maximum absolute atomic E-state index is 13.5. The number of aryl methyl sites for hydroxylation is 3. The van der Waals surface area contributed by atoms with E-state index in [1.54, 1.807) is 37.4 Å². The number of nitrogens with one attached hydrogen (secondary N) is 1. The minimum atomic E-state index is -0.375. The number of rotatable bonds is 5. The van der Waals surface area contributed by atoms with Crippen LogP contribution < -0.4 is 15.0 Å². The molecule has 1 aliphatic rings. The van der Waals surface area contributed by atoms with E-state index < -0.39 is 0 Å². The molecule has 0 bridgehead atoms. The van der Waals surface area contributed by atoms with Crippen molar-refractivity contribution < 1.29 is 14.3 Å². The quantitative estimate of drug-likeness (QED) is 0.598. The van der Waals surface area contributed by atoms with Gasteiger partial charge in [-0.1, -0.05) is 30.3 Å². The minimum absolute atomic E-state index is 0.264. The molecule has 0 aliphatic carbocycles. The van der Waals surface area contributed by atoms with E-state index in [1.807, 2.05) is 57.2 Å². The van der Waals surface area contributed by atoms with Gasteiger partial charge in [0.2, 0.25) is 0 Å². The Morgan fingerprint density at radius 3 is 2.19 bits per heavy atom. The van der Waals surface area contributed by atoms with E-state index in [9.17, 15) is 9.59 Å². The molecule has 31 heavy (non-hydrogen) atoms. The van der Waals surface area contributed by atoms with Gasteiger partial charge in [0, 0.05) is 5.69 Å². The second kappa shape index (κ2) is 8.11. The normalized spacial score (nSPS) is 13.7. The number of methoxy groups -OCH3 is 1. The smallest absolute Gasteiger partial charge is 0.282 e. The molecule has 0 saturated heterocycles. The predicted molar refractivity (Wildman–Crippen MR) is 123 cm³/mol. The average molecular weight is 412 g/mol. The van der Waals surface area contributed by atoms with E-state index in [2.05, 4.69) is 5.32 Å². The number of benzene rings is 3. The van der Waals surface area contributed by atoms with Crippen LogP contribution >= 0.6 is 0 Å². The number of carbonyl (C=O) groups is 2. The summed E-state index contributed by atoms with van der Waals surface area (Å²) in [6.07, 6.45) is 0. The molecule has 0 unspecified atom stereocenters. The van der Waals surface area contributed by atoms with E-state index in [1.165, 1.54) is 4.90 Å². The summed E-state index contributed by atoms with van der Waals surface area (Å²) in [6, 6.07) is 20.4. The second-order valence-electron chi connectivity index (χ2n) is 7.69. The van der Waals surface area contributed by atoms with Crippen LogP contribution in [0.25, 0.3) is 5.57 Å². The molecule has 5 heteroatoms. The molecule has 3 aromatic rings. The highest BCUT2D eigenvalue weighted by molar-refractivity contribution is 6.46. The van der Waals surface area contributed by atoms with Gasteiger partial charge in [0.05, 0.1) is 18.4 Å². The number of carbonyl (C=O) groups excluding carboxylic acids is 2. The fourth-order valence-corrected chi connectivity index (χ4v) is 3.64. The lowest BCUT2D eigenvalue weighted by atomic mass is 10.0. The van der Waals surface area contributed by atoms with Gasteiger partial charge in [0.25, 0.3) is 11.8 Å². The zero-order valence-electron chi connectivity index (χ0n) is 18.0. The lowest BCUT2D eigenvalue weighted by molar-refractivity contribution is -0.120. The third kappa shape index (κ3) is 3.82. The maximum atomic E-state index is 13.5. The molecule has 1 N–H and O–H groups in total. The van der Waals surface area contributed by atoms with E-state index in [0.29, 0.717) is 22.6 Å². The molecule has 3 aromatic carbocycles. The van der Waals surface area contributed by atoms with Crippen LogP contribution in [-0.4, -0.2) is 18.9 Å². The van der Waals surface area contributed by atoms with Gasteiger partial charge in [-0.05, 0) is 79.4 Å². The summed E-state index contributed by atoms with van der Waals surface area (Å²) >= 11 is 0. The maximum Gasteiger partial charge on any atom is 0.282 e. The van der Waals surface area contributed by atoms with Crippen molar-refractivity contribution in [3.63, 3.8) is 0 Å². The summed E-state index contributed by atoms with van der Waals surface area (Å²) in [7, 11) is 1.59. The lowest BCUT2D eigenvalue weighted by Crippen LogP contribution is -2.32. The van der Waals surface area contributed by atoms with Gasteiger partial charge in [0.1, 0.15) is 11.4 Å². The SMILES string of the molecule is COc1ccc(C2=C(Nc3ccc(C)c(C)c3)C(=O)N(c3cccc(C)c3)C2=O)cc1. The Bertz CT molecular complexity index is 1210. The standard InChI is InChI=1S/C26H24N2O3/c1-16-6-5-7-21(14-16)28-25(29)23(19-9-12-22(31-4)13-10-19)24(26(28)30)27-20-11-8-17(2)18(3)15-20/h5-15,27H,1-4H3. The van der Waals surface area contributed by atoms with Crippen LogP contribution in [0.4, 0.5) is 11.4 Å². The first-order valence-corrected chi connectivity index (χ1v) is 10.1. The van der Waals surface area contributed by atoms with Crippen LogP contribution in [0.15, 0.2) is 72.4 Å². The van der Waals surface area contributed by atoms with Crippen LogP contribution in [0.1, 0.15) is 22.3 Å². The molecule has 0 saturated carbocycles. The van der Waals surface area contributed by atoms with Crippen molar-refractivity contribution in [2.24, 2.45) is 0 Å². The molecule has 0 radical (unpaired) electrons. The van der Waals surface area contributed by atoms with Crippen molar-refractivity contribution in [2.75, 3.05) is 17.3 Å². The monoisotopic (exact) mass is 412 g/mol. The Kier molecular flexibility index (Phi) is 5.34. The van der Waals surface area contributed by atoms with Crippen molar-refractivity contribution >= 4 is 28.8 Å². The van der Waals surface area contributed by atoms with Gasteiger partial charge in [-0.3, -0.25) is 9.59 Å². The molecule has 0 atom stereocenters. The first-order chi connectivity index (χ1) is 14.9. The Balaban J connectivity index is 1.82. The summed E-state index contributed by atoms with van der Waals surface area (Å²) < 4.78 is 5.24. The molecule has 0 aromatic heterocycles. The molecule has 156 valence electrons. The zero-order chi connectivity index (χ0) is 22.1. The van der Waals surface area contributed by atoms with E-state index in [-0.39, 0.29) is 17.5 Å². The van der Waals surface area contributed by atoms with Crippen molar-refractivity contribution in [2.45, 2.75) is 20.8 Å². The summed E-state index contributed by atoms with van der Waals surface area (Å²) in [4.78, 5) is 28.2. The molecule has 2 amide bonds. The highest BCUT2D eigenvalue weighted by Crippen LogP contribution is 2.34. The van der Waals surface area contributed by atoms with Crippen molar-refractivity contribution in [3.8, 4) is 5.75 Å². The summed E-state index contributed by atoms with van der Waals surface area (Å²) in [5.74, 6) is -0.0490. The number of anilines is 2. The van der Waals surface area contributed by atoms with Gasteiger partial charge < -0.3 is 10.1 Å². The number of imide groups is 1. The minimum Gasteiger partial charge on any atom is -0.497 e. The highest BCUT2D eigenvalue weighted by atomic mass is 16.5. The van der Waals surface area contributed by atoms with Gasteiger partial charge in [-0.15, -0.1) is 0 Å². The summed E-state index contributed by atoms with van der Waals surface area (Å²) in [6.45, 7) is 5.98. The molecule has 0 fully saturated rings. The van der Waals surface area contributed by atoms with Crippen molar-refractivity contribution in [1.29, 1.82) is 0 Å². The van der Waals surface area contributed by atoms with Crippen LogP contribution in [0, 0.1) is 20.8 Å². The first kappa shape index (κ1) is 20.4. The van der Waals surface area contributed by atoms with Gasteiger partial charge in [-0.25, -0.2) is 4.90 Å². The van der Waals surface area contributed by atoms with Crippen LogP contribution in [0.2, 0.25) is 0 Å². The fourth-order valence-electron chi connectivity index (χ4n) is 3.64. The summed E-state index contributed by atoms with van der Waals surface area (Å²) in [5, 5.41) is 3.22. The fraction of sp³-hybridized carbons (Fsp3) is 0.154. The third-order valence-corrected chi connectivity index (χ3v) is 5.50. The Morgan fingerprint density at radius 1 is 0.806 bits per heavy atom.